The highest BCUT2D eigenvalue weighted by atomic mass is 33.1. The molecule has 10 aliphatic rings. The molecule has 11 atom stereocenters. The summed E-state index contributed by atoms with van der Waals surface area (Å²) in [6.07, 6.45) is -6.80. The maximum absolute atomic E-state index is 14.9. The number of fused-ring (bicyclic) bond motifs is 11. The van der Waals surface area contributed by atoms with Crippen molar-refractivity contribution in [3.8, 4) is 0 Å². The fraction of sp³-hybridized carbons (Fsp3) is 0.484. The molecule has 12 rings (SSSR count). The zero-order valence-electron chi connectivity index (χ0n) is 25.9. The van der Waals surface area contributed by atoms with Gasteiger partial charge in [0, 0.05) is 25.5 Å². The van der Waals surface area contributed by atoms with Gasteiger partial charge in [-0.1, -0.05) is 47.2 Å². The Labute approximate surface area is 290 Å². The molecular weight excluding hydrogens is 697 g/mol. The van der Waals surface area contributed by atoms with Crippen LogP contribution >= 0.6 is 43.2 Å². The summed E-state index contributed by atoms with van der Waals surface area (Å²) in [5.74, 6) is -1.94. The topological polar surface area (TPSA) is 166 Å². The number of carbonyl (C=O) groups excluding carboxylic acids is 4. The number of anilines is 2. The van der Waals surface area contributed by atoms with Crippen molar-refractivity contribution in [1.29, 1.82) is 0 Å². The van der Waals surface area contributed by atoms with Gasteiger partial charge in [0.05, 0.1) is 16.9 Å². The molecule has 10 heterocycles. The monoisotopic (exact) mass is 726 g/mol. The van der Waals surface area contributed by atoms with Crippen molar-refractivity contribution in [1.82, 2.24) is 19.6 Å². The Morgan fingerprint density at radius 2 is 1.15 bits per heavy atom. The molecule has 0 radical (unpaired) electrons. The second kappa shape index (κ2) is 8.55. The van der Waals surface area contributed by atoms with Gasteiger partial charge in [-0.25, -0.2) is 0 Å². The second-order valence-corrected chi connectivity index (χ2v) is 19.2. The van der Waals surface area contributed by atoms with Crippen molar-refractivity contribution < 1.29 is 34.5 Å². The van der Waals surface area contributed by atoms with Crippen LogP contribution in [0.25, 0.3) is 0 Å². The smallest absolute Gasteiger partial charge is 0.266 e. The van der Waals surface area contributed by atoms with E-state index < -0.39 is 78.7 Å². The van der Waals surface area contributed by atoms with Gasteiger partial charge in [-0.2, -0.15) is 0 Å². The van der Waals surface area contributed by atoms with Gasteiger partial charge in [0.15, 0.2) is 4.87 Å². The quantitative estimate of drug-likeness (QED) is 0.275. The van der Waals surface area contributed by atoms with E-state index in [4.69, 9.17) is 0 Å². The van der Waals surface area contributed by atoms with E-state index in [2.05, 4.69) is 10.6 Å². The zero-order valence-corrected chi connectivity index (χ0v) is 29.2. The Balaban J connectivity index is 1.34. The highest BCUT2D eigenvalue weighted by Gasteiger charge is 2.93. The summed E-state index contributed by atoms with van der Waals surface area (Å²) in [5, 5.41) is 44.8. The molecule has 2 unspecified atom stereocenters. The SMILES string of the molecule is CC(O)[C@@]12SS[C@]3(C(=O)N1C)[C@@H](O)C1([C@@]45c6ccccc6N[C@@H]4N4C(=O)[C@]6(C)SS[C@]4(C(=O)N6C)[C@H]5O)c4ccccc4N[C@@H]1N3C2=O. The number of amides is 4. The molecule has 4 amide bonds. The van der Waals surface area contributed by atoms with E-state index in [-0.39, 0.29) is 5.91 Å². The lowest BCUT2D eigenvalue weighted by molar-refractivity contribution is -0.172. The Bertz CT molecular complexity index is 1950. The van der Waals surface area contributed by atoms with Crippen LogP contribution in [-0.4, -0.2) is 123 Å². The number of piperazine rings is 2. The second-order valence-electron chi connectivity index (χ2n) is 13.9. The average Bonchev–Trinajstić information content (AvgIpc) is 3.72. The van der Waals surface area contributed by atoms with E-state index in [9.17, 15) is 34.5 Å². The van der Waals surface area contributed by atoms with E-state index in [1.54, 1.807) is 26.1 Å². The fourth-order valence-electron chi connectivity index (χ4n) is 10.2. The van der Waals surface area contributed by atoms with Crippen LogP contribution in [-0.2, 0) is 30.0 Å². The molecule has 5 N–H and O–H groups in total. The molecule has 48 heavy (non-hydrogen) atoms. The van der Waals surface area contributed by atoms with Gasteiger partial charge in [-0.05, 0) is 69.5 Å². The van der Waals surface area contributed by atoms with Gasteiger partial charge < -0.3 is 35.8 Å². The number of likely N-dealkylation sites (N-methyl/N-ethyl adjacent to an activating group) is 2. The molecule has 0 aliphatic carbocycles. The summed E-state index contributed by atoms with van der Waals surface area (Å²) in [4.78, 5) is 57.8. The highest BCUT2D eigenvalue weighted by molar-refractivity contribution is 8.78. The largest absolute Gasteiger partial charge is 0.389 e. The average molecular weight is 727 g/mol. The molecule has 2 aromatic rings. The van der Waals surface area contributed by atoms with Crippen LogP contribution in [0, 0.1) is 0 Å². The lowest BCUT2D eigenvalue weighted by Crippen LogP contribution is -2.80. The number of nitrogens with zero attached hydrogens (tertiary/aromatic N) is 4. The van der Waals surface area contributed by atoms with Crippen LogP contribution in [0.3, 0.4) is 0 Å². The summed E-state index contributed by atoms with van der Waals surface area (Å²) in [6, 6.07) is 14.5. The van der Waals surface area contributed by atoms with Crippen molar-refractivity contribution in [2.45, 2.75) is 74.8 Å². The van der Waals surface area contributed by atoms with Crippen molar-refractivity contribution >= 4 is 78.2 Å². The first-order valence-electron chi connectivity index (χ1n) is 15.5. The molecule has 2 aromatic carbocycles. The van der Waals surface area contributed by atoms with Gasteiger partial charge in [0.25, 0.3) is 23.6 Å². The highest BCUT2D eigenvalue weighted by Crippen LogP contribution is 2.78. The van der Waals surface area contributed by atoms with Crippen LogP contribution in [0.2, 0.25) is 0 Å². The molecule has 2 spiro atoms. The lowest BCUT2D eigenvalue weighted by Gasteiger charge is -2.59. The molecule has 250 valence electrons. The molecular formula is C31H30N6O7S4. The molecule has 17 heteroatoms. The molecule has 0 saturated carbocycles. The number of nitrogens with one attached hydrogen (secondary N) is 2. The van der Waals surface area contributed by atoms with Crippen LogP contribution in [0.15, 0.2) is 48.5 Å². The third-order valence-electron chi connectivity index (χ3n) is 12.4. The number of hydrogen-bond donors (Lipinski definition) is 5. The molecule has 8 fully saturated rings. The molecule has 10 aliphatic heterocycles. The number of aliphatic hydroxyl groups excluding tert-OH is 3. The van der Waals surface area contributed by atoms with Crippen LogP contribution < -0.4 is 10.6 Å². The summed E-state index contributed by atoms with van der Waals surface area (Å²) in [7, 11) is 7.46. The Morgan fingerprint density at radius 3 is 1.67 bits per heavy atom. The minimum atomic E-state index is -1.88. The molecule has 4 bridgehead atoms. The maximum Gasteiger partial charge on any atom is 0.266 e. The minimum absolute atomic E-state index is 0.374. The van der Waals surface area contributed by atoms with E-state index in [1.807, 2.05) is 36.4 Å². The number of benzene rings is 2. The van der Waals surface area contributed by atoms with Crippen molar-refractivity contribution in [3.05, 3.63) is 59.7 Å². The van der Waals surface area contributed by atoms with Crippen molar-refractivity contribution in [2.24, 2.45) is 0 Å². The molecule has 13 nitrogen and oxygen atoms in total. The van der Waals surface area contributed by atoms with Crippen LogP contribution in [0.5, 0.6) is 0 Å². The van der Waals surface area contributed by atoms with Crippen molar-refractivity contribution in [2.75, 3.05) is 24.7 Å². The molecule has 8 saturated heterocycles. The number of hydrogen-bond acceptors (Lipinski definition) is 13. The summed E-state index contributed by atoms with van der Waals surface area (Å²) in [6.45, 7) is 3.16. The third-order valence-corrected chi connectivity index (χ3v) is 19.8. The fourth-order valence-corrected chi connectivity index (χ4v) is 17.7. The van der Waals surface area contributed by atoms with Crippen LogP contribution in [0.1, 0.15) is 25.0 Å². The van der Waals surface area contributed by atoms with E-state index in [1.165, 1.54) is 44.4 Å². The maximum atomic E-state index is 14.9. The van der Waals surface area contributed by atoms with Gasteiger partial charge in [-0.3, -0.25) is 29.0 Å². The van der Waals surface area contributed by atoms with E-state index in [0.717, 1.165) is 32.4 Å². The molecule has 0 aromatic heterocycles. The van der Waals surface area contributed by atoms with Crippen molar-refractivity contribution in [3.63, 3.8) is 0 Å². The predicted octanol–water partition coefficient (Wildman–Crippen LogP) is 0.692. The number of para-hydroxylation sites is 2. The first-order chi connectivity index (χ1) is 22.8. The number of rotatable bonds is 2. The Kier molecular flexibility index (Phi) is 5.36. The Hall–Kier alpha value is -2.80. The summed E-state index contributed by atoms with van der Waals surface area (Å²) < 4.78 is 0. The number of aliphatic hydroxyl groups is 3. The van der Waals surface area contributed by atoms with Gasteiger partial charge in [0.2, 0.25) is 14.6 Å². The normalized spacial score (nSPS) is 46.2. The third kappa shape index (κ3) is 2.48. The summed E-state index contributed by atoms with van der Waals surface area (Å²) in [5.41, 5.74) is -1.15. The van der Waals surface area contributed by atoms with Gasteiger partial charge in [-0.15, -0.1) is 0 Å². The lowest BCUT2D eigenvalue weighted by atomic mass is 9.52. The van der Waals surface area contributed by atoms with Gasteiger partial charge >= 0.3 is 0 Å². The summed E-state index contributed by atoms with van der Waals surface area (Å²) >= 11 is 0. The first-order valence-corrected chi connectivity index (χ1v) is 19.8. The zero-order chi connectivity index (χ0) is 33.7. The van der Waals surface area contributed by atoms with E-state index in [0.29, 0.717) is 22.5 Å². The number of carbonyl (C=O) groups is 4. The Morgan fingerprint density at radius 1 is 0.688 bits per heavy atom. The first kappa shape index (κ1) is 30.1. The standard InChI is InChI=1S/C31H30N6O7S4/c1-13(38)29-25(44)37-21-28(15-10-6-8-12-17(15)33-21,19(40)31(37,48-46-29)24(43)35(29)4)27-14-9-5-7-11-16(14)32-20(27)36-22(41)26(2)34(3)23(42)30(36,18(27)39)47-45-26/h5-13,18-21,32-33,38-40H,1-4H3/t13?,18-,19-,20+,21+,26-,27+,28?,29-,30-,31-/m0/s1. The minimum Gasteiger partial charge on any atom is -0.389 e. The van der Waals surface area contributed by atoms with E-state index >= 15 is 0 Å². The van der Waals surface area contributed by atoms with Gasteiger partial charge in [0.1, 0.15) is 24.5 Å². The predicted molar refractivity (Wildman–Crippen MR) is 181 cm³/mol. The van der Waals surface area contributed by atoms with Crippen LogP contribution in [0.4, 0.5) is 11.4 Å².